The number of benzene rings is 3. The van der Waals surface area contributed by atoms with Gasteiger partial charge in [-0.1, -0.05) is 40.9 Å². The summed E-state index contributed by atoms with van der Waals surface area (Å²) >= 11 is 15.5. The van der Waals surface area contributed by atoms with Gasteiger partial charge in [-0.3, -0.25) is 9.10 Å². The number of hydrogen-bond donors (Lipinski definition) is 1. The molecule has 32 heavy (non-hydrogen) atoms. The molecule has 3 aromatic rings. The van der Waals surface area contributed by atoms with E-state index in [2.05, 4.69) is 21.2 Å². The van der Waals surface area contributed by atoms with Gasteiger partial charge in [-0.2, -0.15) is 0 Å². The molecule has 1 N–H and O–H groups in total. The van der Waals surface area contributed by atoms with E-state index in [-0.39, 0.29) is 16.3 Å². The summed E-state index contributed by atoms with van der Waals surface area (Å²) in [6.45, 7) is 1.34. The van der Waals surface area contributed by atoms with Crippen molar-refractivity contribution < 1.29 is 17.9 Å². The maximum Gasteiger partial charge on any atom is 0.264 e. The Hall–Kier alpha value is -2.26. The zero-order valence-corrected chi connectivity index (χ0v) is 21.0. The van der Waals surface area contributed by atoms with Crippen molar-refractivity contribution in [3.05, 3.63) is 80.7 Å². The van der Waals surface area contributed by atoms with Crippen LogP contribution in [-0.4, -0.2) is 28.0 Å². The fourth-order valence-electron chi connectivity index (χ4n) is 2.90. The molecule has 0 aliphatic rings. The topological polar surface area (TPSA) is 75.7 Å². The number of carbonyl (C=O) groups is 1. The number of methoxy groups -OCH3 is 1. The Morgan fingerprint density at radius 2 is 1.75 bits per heavy atom. The SMILES string of the molecule is COc1ccc(Cl)cc1N(CC(=O)Nc1ccc(Br)c(Cl)c1)S(=O)(=O)c1ccc(C)cc1. The second kappa shape index (κ2) is 10.1. The molecule has 0 saturated heterocycles. The van der Waals surface area contributed by atoms with Crippen LogP contribution in [-0.2, 0) is 14.8 Å². The molecular weight excluding hydrogens is 539 g/mol. The van der Waals surface area contributed by atoms with Crippen LogP contribution in [0.3, 0.4) is 0 Å². The molecule has 0 saturated carbocycles. The van der Waals surface area contributed by atoms with Crippen molar-refractivity contribution in [3.63, 3.8) is 0 Å². The van der Waals surface area contributed by atoms with Gasteiger partial charge in [0.25, 0.3) is 10.0 Å². The van der Waals surface area contributed by atoms with Crippen LogP contribution < -0.4 is 14.4 Å². The summed E-state index contributed by atoms with van der Waals surface area (Å²) in [5.74, 6) is -0.314. The van der Waals surface area contributed by atoms with Gasteiger partial charge >= 0.3 is 0 Å². The van der Waals surface area contributed by atoms with E-state index >= 15 is 0 Å². The van der Waals surface area contributed by atoms with Gasteiger partial charge in [0.15, 0.2) is 0 Å². The summed E-state index contributed by atoms with van der Waals surface area (Å²) in [4.78, 5) is 12.9. The first-order valence-corrected chi connectivity index (χ1v) is 12.3. The van der Waals surface area contributed by atoms with Crippen LogP contribution in [0, 0.1) is 6.92 Å². The smallest absolute Gasteiger partial charge is 0.264 e. The molecule has 10 heteroatoms. The number of rotatable bonds is 7. The van der Waals surface area contributed by atoms with Crippen molar-refractivity contribution in [2.45, 2.75) is 11.8 Å². The van der Waals surface area contributed by atoms with E-state index in [1.165, 1.54) is 25.3 Å². The molecule has 6 nitrogen and oxygen atoms in total. The molecule has 0 heterocycles. The van der Waals surface area contributed by atoms with Gasteiger partial charge in [-0.05, 0) is 71.4 Å². The average Bonchev–Trinajstić information content (AvgIpc) is 2.75. The van der Waals surface area contributed by atoms with E-state index in [1.807, 2.05) is 6.92 Å². The van der Waals surface area contributed by atoms with Gasteiger partial charge in [-0.15, -0.1) is 0 Å². The predicted octanol–water partition coefficient (Wildman–Crippen LogP) is 5.91. The maximum atomic E-state index is 13.5. The number of anilines is 2. The Balaban J connectivity index is 2.02. The number of aryl methyl sites for hydroxylation is 1. The number of nitrogens with zero attached hydrogens (tertiary/aromatic N) is 1. The van der Waals surface area contributed by atoms with E-state index < -0.39 is 22.5 Å². The number of sulfonamides is 1. The highest BCUT2D eigenvalue weighted by molar-refractivity contribution is 9.10. The van der Waals surface area contributed by atoms with Crippen LogP contribution in [0.2, 0.25) is 10.0 Å². The summed E-state index contributed by atoms with van der Waals surface area (Å²) in [7, 11) is -2.71. The molecule has 0 aromatic heterocycles. The average molecular weight is 558 g/mol. The van der Waals surface area contributed by atoms with E-state index in [0.29, 0.717) is 20.2 Å². The summed E-state index contributed by atoms with van der Waals surface area (Å²) in [6, 6.07) is 15.8. The van der Waals surface area contributed by atoms with Gasteiger partial charge < -0.3 is 10.1 Å². The van der Waals surface area contributed by atoms with Crippen LogP contribution in [0.1, 0.15) is 5.56 Å². The van der Waals surface area contributed by atoms with Crippen LogP contribution in [0.5, 0.6) is 5.75 Å². The third kappa shape index (κ3) is 5.56. The van der Waals surface area contributed by atoms with Gasteiger partial charge in [0.05, 0.1) is 22.7 Å². The van der Waals surface area contributed by atoms with Crippen LogP contribution in [0.15, 0.2) is 70.0 Å². The van der Waals surface area contributed by atoms with E-state index in [1.54, 1.807) is 42.5 Å². The lowest BCUT2D eigenvalue weighted by Crippen LogP contribution is -2.38. The maximum absolute atomic E-state index is 13.5. The predicted molar refractivity (Wildman–Crippen MR) is 131 cm³/mol. The fourth-order valence-corrected chi connectivity index (χ4v) is 4.92. The van der Waals surface area contributed by atoms with Crippen molar-refractivity contribution in [1.29, 1.82) is 0 Å². The Morgan fingerprint density at radius 1 is 1.06 bits per heavy atom. The molecule has 0 unspecified atom stereocenters. The summed E-state index contributed by atoms with van der Waals surface area (Å²) in [5.41, 5.74) is 1.47. The Bertz CT molecular complexity index is 1250. The second-order valence-electron chi connectivity index (χ2n) is 6.82. The van der Waals surface area contributed by atoms with Crippen LogP contribution >= 0.6 is 39.1 Å². The number of ether oxygens (including phenoxy) is 1. The highest BCUT2D eigenvalue weighted by atomic mass is 79.9. The largest absolute Gasteiger partial charge is 0.495 e. The van der Waals surface area contributed by atoms with Crippen LogP contribution in [0.25, 0.3) is 0 Å². The molecule has 0 aliphatic heterocycles. The summed E-state index contributed by atoms with van der Waals surface area (Å²) in [5, 5.41) is 3.37. The third-order valence-electron chi connectivity index (χ3n) is 4.51. The molecule has 1 amide bonds. The summed E-state index contributed by atoms with van der Waals surface area (Å²) in [6.07, 6.45) is 0. The molecule has 0 spiro atoms. The standard InChI is InChI=1S/C22H19BrCl2N2O4S/c1-14-3-7-17(8-4-14)32(29,30)27(20-11-15(24)5-10-21(20)31-2)13-22(28)26-16-6-9-18(23)19(25)12-16/h3-12H,13H2,1-2H3,(H,26,28). The van der Waals surface area contributed by atoms with Crippen molar-refractivity contribution in [2.24, 2.45) is 0 Å². The van der Waals surface area contributed by atoms with Crippen molar-refractivity contribution in [2.75, 3.05) is 23.3 Å². The molecular formula is C22H19BrCl2N2O4S. The van der Waals surface area contributed by atoms with E-state index in [4.69, 9.17) is 27.9 Å². The lowest BCUT2D eigenvalue weighted by Gasteiger charge is -2.26. The molecule has 0 atom stereocenters. The van der Waals surface area contributed by atoms with E-state index in [0.717, 1.165) is 9.87 Å². The quantitative estimate of drug-likeness (QED) is 0.392. The minimum absolute atomic E-state index is 0.0321. The molecule has 0 aliphatic carbocycles. The Morgan fingerprint density at radius 3 is 2.38 bits per heavy atom. The van der Waals surface area contributed by atoms with Gasteiger partial charge in [-0.25, -0.2) is 8.42 Å². The number of nitrogens with one attached hydrogen (secondary N) is 1. The van der Waals surface area contributed by atoms with Gasteiger partial charge in [0.1, 0.15) is 12.3 Å². The first-order valence-electron chi connectivity index (χ1n) is 9.29. The number of carbonyl (C=O) groups excluding carboxylic acids is 1. The van der Waals surface area contributed by atoms with Gasteiger partial charge in [0.2, 0.25) is 5.91 Å². The monoisotopic (exact) mass is 556 g/mol. The second-order valence-corrected chi connectivity index (χ2v) is 10.4. The molecule has 0 radical (unpaired) electrons. The normalized spacial score (nSPS) is 11.2. The molecule has 3 aromatic carbocycles. The molecule has 3 rings (SSSR count). The lowest BCUT2D eigenvalue weighted by atomic mass is 10.2. The zero-order chi connectivity index (χ0) is 23.5. The first-order chi connectivity index (χ1) is 15.1. The minimum Gasteiger partial charge on any atom is -0.495 e. The number of halogens is 3. The Labute approximate surface area is 205 Å². The summed E-state index contributed by atoms with van der Waals surface area (Å²) < 4.78 is 34.0. The molecule has 0 fully saturated rings. The van der Waals surface area contributed by atoms with Crippen molar-refractivity contribution in [3.8, 4) is 5.75 Å². The fraction of sp³-hybridized carbons (Fsp3) is 0.136. The highest BCUT2D eigenvalue weighted by Crippen LogP contribution is 2.35. The molecule has 0 bridgehead atoms. The minimum atomic E-state index is -4.12. The molecule has 168 valence electrons. The number of amides is 1. The van der Waals surface area contributed by atoms with Crippen molar-refractivity contribution >= 4 is 66.4 Å². The highest BCUT2D eigenvalue weighted by Gasteiger charge is 2.29. The van der Waals surface area contributed by atoms with Gasteiger partial charge in [0, 0.05) is 15.2 Å². The first kappa shape index (κ1) is 24.4. The van der Waals surface area contributed by atoms with Crippen molar-refractivity contribution in [1.82, 2.24) is 0 Å². The third-order valence-corrected chi connectivity index (χ3v) is 7.75. The lowest BCUT2D eigenvalue weighted by molar-refractivity contribution is -0.114. The Kier molecular flexibility index (Phi) is 7.71. The van der Waals surface area contributed by atoms with E-state index in [9.17, 15) is 13.2 Å². The zero-order valence-electron chi connectivity index (χ0n) is 17.1. The van der Waals surface area contributed by atoms with Crippen LogP contribution in [0.4, 0.5) is 11.4 Å². The number of hydrogen-bond acceptors (Lipinski definition) is 4.